The summed E-state index contributed by atoms with van der Waals surface area (Å²) in [5.74, 6) is 0.578. The van der Waals surface area contributed by atoms with Gasteiger partial charge in [0.05, 0.1) is 12.7 Å². The van der Waals surface area contributed by atoms with E-state index in [2.05, 4.69) is 31.3 Å². The van der Waals surface area contributed by atoms with Crippen LogP contribution in [0.4, 0.5) is 0 Å². The zero-order chi connectivity index (χ0) is 11.1. The van der Waals surface area contributed by atoms with Crippen LogP contribution in [0.1, 0.15) is 35.1 Å². The quantitative estimate of drug-likeness (QED) is 0.778. The molecule has 2 heterocycles. The maximum Gasteiger partial charge on any atom is 0.0784 e. The molecular formula is C14H19NO. The zero-order valence-corrected chi connectivity index (χ0v) is 10.0. The lowest BCUT2D eigenvalue weighted by atomic mass is 9.85. The van der Waals surface area contributed by atoms with E-state index in [9.17, 15) is 0 Å². The number of ether oxygens (including phenoxy) is 1. The summed E-state index contributed by atoms with van der Waals surface area (Å²) < 4.78 is 5.92. The van der Waals surface area contributed by atoms with Crippen LogP contribution < -0.4 is 5.32 Å². The van der Waals surface area contributed by atoms with Crippen LogP contribution in [0.5, 0.6) is 0 Å². The van der Waals surface area contributed by atoms with Crippen LogP contribution in [0, 0.1) is 6.92 Å². The summed E-state index contributed by atoms with van der Waals surface area (Å²) in [5, 5.41) is 3.44. The summed E-state index contributed by atoms with van der Waals surface area (Å²) in [7, 11) is 0. The van der Waals surface area contributed by atoms with Crippen molar-refractivity contribution in [2.45, 2.75) is 38.9 Å². The van der Waals surface area contributed by atoms with Crippen molar-refractivity contribution in [2.24, 2.45) is 0 Å². The molecule has 1 saturated heterocycles. The molecule has 2 aliphatic rings. The van der Waals surface area contributed by atoms with Crippen molar-refractivity contribution in [1.82, 2.24) is 5.32 Å². The fraction of sp³-hybridized carbons (Fsp3) is 0.571. The van der Waals surface area contributed by atoms with Crippen LogP contribution in [0.25, 0.3) is 0 Å². The molecule has 1 fully saturated rings. The van der Waals surface area contributed by atoms with E-state index in [0.717, 1.165) is 26.1 Å². The smallest absolute Gasteiger partial charge is 0.0784 e. The van der Waals surface area contributed by atoms with Crippen molar-refractivity contribution < 1.29 is 4.74 Å². The van der Waals surface area contributed by atoms with Gasteiger partial charge in [0.25, 0.3) is 0 Å². The van der Waals surface area contributed by atoms with Gasteiger partial charge >= 0.3 is 0 Å². The number of aryl methyl sites for hydroxylation is 2. The van der Waals surface area contributed by atoms with Gasteiger partial charge in [0, 0.05) is 19.0 Å². The molecule has 0 spiro atoms. The predicted molar refractivity (Wildman–Crippen MR) is 64.7 cm³/mol. The summed E-state index contributed by atoms with van der Waals surface area (Å²) in [6, 6.07) is 4.71. The molecule has 0 bridgehead atoms. The molecule has 16 heavy (non-hydrogen) atoms. The predicted octanol–water partition coefficient (Wildman–Crippen LogP) is 2.14. The number of rotatable bonds is 1. The number of hydrogen-bond acceptors (Lipinski definition) is 2. The summed E-state index contributed by atoms with van der Waals surface area (Å²) >= 11 is 0. The second kappa shape index (κ2) is 3.86. The SMILES string of the molecule is CCc1cc(C)c2c(c1)C1CNCC1OC2. The van der Waals surface area contributed by atoms with Gasteiger partial charge in [-0.3, -0.25) is 0 Å². The van der Waals surface area contributed by atoms with Crippen molar-refractivity contribution in [3.63, 3.8) is 0 Å². The Bertz CT molecular complexity index is 413. The maximum atomic E-state index is 5.92. The van der Waals surface area contributed by atoms with Crippen molar-refractivity contribution in [2.75, 3.05) is 13.1 Å². The van der Waals surface area contributed by atoms with Crippen molar-refractivity contribution >= 4 is 0 Å². The average molecular weight is 217 g/mol. The lowest BCUT2D eigenvalue weighted by Gasteiger charge is -2.29. The number of nitrogens with one attached hydrogen (secondary N) is 1. The fourth-order valence-electron chi connectivity index (χ4n) is 2.98. The molecule has 2 aliphatic heterocycles. The second-order valence-corrected chi connectivity index (χ2v) is 4.95. The first kappa shape index (κ1) is 10.3. The molecule has 2 unspecified atom stereocenters. The standard InChI is InChI=1S/C14H19NO/c1-3-10-4-9(2)13-8-16-14-7-15-6-12(14)11(13)5-10/h4-5,12,14-15H,3,6-8H2,1-2H3. The third kappa shape index (κ3) is 1.48. The highest BCUT2D eigenvalue weighted by Gasteiger charge is 2.34. The Morgan fingerprint density at radius 1 is 1.38 bits per heavy atom. The molecule has 0 saturated carbocycles. The monoisotopic (exact) mass is 217 g/mol. The van der Waals surface area contributed by atoms with Crippen LogP contribution in [0.15, 0.2) is 12.1 Å². The highest BCUT2D eigenvalue weighted by Crippen LogP contribution is 2.35. The minimum Gasteiger partial charge on any atom is -0.372 e. The van der Waals surface area contributed by atoms with E-state index in [4.69, 9.17) is 4.74 Å². The van der Waals surface area contributed by atoms with Gasteiger partial charge in [-0.05, 0) is 35.6 Å². The first-order chi connectivity index (χ1) is 7.79. The fourth-order valence-corrected chi connectivity index (χ4v) is 2.98. The summed E-state index contributed by atoms with van der Waals surface area (Å²) in [5.41, 5.74) is 5.84. The zero-order valence-electron chi connectivity index (χ0n) is 10.0. The van der Waals surface area contributed by atoms with E-state index in [1.54, 1.807) is 0 Å². The Kier molecular flexibility index (Phi) is 2.49. The van der Waals surface area contributed by atoms with Crippen LogP contribution in [0.2, 0.25) is 0 Å². The van der Waals surface area contributed by atoms with Gasteiger partial charge in [-0.1, -0.05) is 19.1 Å². The summed E-state index contributed by atoms with van der Waals surface area (Å²) in [6.07, 6.45) is 1.53. The average Bonchev–Trinajstić information content (AvgIpc) is 2.77. The minimum atomic E-state index is 0.402. The molecule has 2 heteroatoms. The lowest BCUT2D eigenvalue weighted by Crippen LogP contribution is -2.27. The van der Waals surface area contributed by atoms with Crippen molar-refractivity contribution in [3.8, 4) is 0 Å². The van der Waals surface area contributed by atoms with E-state index in [1.165, 1.54) is 22.3 Å². The van der Waals surface area contributed by atoms with Crippen molar-refractivity contribution in [1.29, 1.82) is 0 Å². The van der Waals surface area contributed by atoms with Crippen LogP contribution in [-0.2, 0) is 17.8 Å². The molecule has 2 atom stereocenters. The molecule has 0 amide bonds. The van der Waals surface area contributed by atoms with Crippen LogP contribution >= 0.6 is 0 Å². The Labute approximate surface area is 97.0 Å². The molecule has 0 aromatic heterocycles. The van der Waals surface area contributed by atoms with Gasteiger partial charge in [-0.15, -0.1) is 0 Å². The second-order valence-electron chi connectivity index (χ2n) is 4.95. The maximum absolute atomic E-state index is 5.92. The Hall–Kier alpha value is -0.860. The van der Waals surface area contributed by atoms with E-state index in [-0.39, 0.29) is 0 Å². The van der Waals surface area contributed by atoms with Gasteiger partial charge in [-0.25, -0.2) is 0 Å². The number of hydrogen-bond donors (Lipinski definition) is 1. The van der Waals surface area contributed by atoms with Crippen molar-refractivity contribution in [3.05, 3.63) is 34.4 Å². The van der Waals surface area contributed by atoms with E-state index in [1.807, 2.05) is 0 Å². The molecule has 2 nitrogen and oxygen atoms in total. The first-order valence-corrected chi connectivity index (χ1v) is 6.24. The molecule has 1 N–H and O–H groups in total. The summed E-state index contributed by atoms with van der Waals surface area (Å²) in [4.78, 5) is 0. The molecular weight excluding hydrogens is 198 g/mol. The molecule has 3 rings (SSSR count). The Morgan fingerprint density at radius 2 is 2.25 bits per heavy atom. The third-order valence-electron chi connectivity index (χ3n) is 3.98. The van der Waals surface area contributed by atoms with E-state index in [0.29, 0.717) is 12.0 Å². The van der Waals surface area contributed by atoms with Crippen LogP contribution in [0.3, 0.4) is 0 Å². The molecule has 1 aromatic rings. The highest BCUT2D eigenvalue weighted by molar-refractivity contribution is 5.43. The Balaban J connectivity index is 2.09. The Morgan fingerprint density at radius 3 is 3.06 bits per heavy atom. The molecule has 1 aromatic carbocycles. The third-order valence-corrected chi connectivity index (χ3v) is 3.98. The highest BCUT2D eigenvalue weighted by atomic mass is 16.5. The van der Waals surface area contributed by atoms with Gasteiger partial charge in [0.15, 0.2) is 0 Å². The topological polar surface area (TPSA) is 21.3 Å². The molecule has 86 valence electrons. The van der Waals surface area contributed by atoms with Gasteiger partial charge in [-0.2, -0.15) is 0 Å². The normalized spacial score (nSPS) is 27.6. The number of benzene rings is 1. The number of fused-ring (bicyclic) bond motifs is 3. The summed E-state index contributed by atoms with van der Waals surface area (Å²) in [6.45, 7) is 7.33. The van der Waals surface area contributed by atoms with E-state index >= 15 is 0 Å². The first-order valence-electron chi connectivity index (χ1n) is 6.24. The van der Waals surface area contributed by atoms with Gasteiger partial charge in [0.2, 0.25) is 0 Å². The van der Waals surface area contributed by atoms with Crippen LogP contribution in [-0.4, -0.2) is 19.2 Å². The van der Waals surface area contributed by atoms with Gasteiger partial charge < -0.3 is 10.1 Å². The van der Waals surface area contributed by atoms with Gasteiger partial charge in [0.1, 0.15) is 0 Å². The minimum absolute atomic E-state index is 0.402. The molecule has 0 radical (unpaired) electrons. The lowest BCUT2D eigenvalue weighted by molar-refractivity contribution is 0.0295. The van der Waals surface area contributed by atoms with E-state index < -0.39 is 0 Å². The molecule has 0 aliphatic carbocycles. The largest absolute Gasteiger partial charge is 0.372 e.